The molecule has 1 amide bonds. The fourth-order valence-electron chi connectivity index (χ4n) is 2.59. The van der Waals surface area contributed by atoms with E-state index >= 15 is 0 Å². The lowest BCUT2D eigenvalue weighted by Gasteiger charge is -2.28. The summed E-state index contributed by atoms with van der Waals surface area (Å²) in [6.45, 7) is 2.15. The summed E-state index contributed by atoms with van der Waals surface area (Å²) in [6, 6.07) is 11.3. The van der Waals surface area contributed by atoms with Crippen LogP contribution >= 0.6 is 15.9 Å². The molecule has 0 saturated carbocycles. The van der Waals surface area contributed by atoms with Crippen LogP contribution in [0.1, 0.15) is 29.8 Å². The van der Waals surface area contributed by atoms with Gasteiger partial charge in [0.1, 0.15) is 5.69 Å². The molecule has 0 atom stereocenters. The summed E-state index contributed by atoms with van der Waals surface area (Å²) in [7, 11) is 0. The summed E-state index contributed by atoms with van der Waals surface area (Å²) in [5.41, 5.74) is 2.29. The Morgan fingerprint density at radius 2 is 1.77 bits per heavy atom. The third-order valence-corrected chi connectivity index (χ3v) is 4.33. The van der Waals surface area contributed by atoms with E-state index < -0.39 is 0 Å². The normalized spacial score (nSPS) is 14.7. The summed E-state index contributed by atoms with van der Waals surface area (Å²) >= 11 is 3.37. The van der Waals surface area contributed by atoms with Gasteiger partial charge in [-0.05, 0) is 55.7 Å². The van der Waals surface area contributed by atoms with Gasteiger partial charge in [0.15, 0.2) is 0 Å². The number of pyridine rings is 1. The standard InChI is InChI=1S/C17H18BrN3O/c18-13-4-6-14(7-5-13)20-17(22)16-9-8-15(12-19-16)21-10-2-1-3-11-21/h4-9,12H,1-3,10-11H2,(H,20,22). The maximum atomic E-state index is 12.2. The molecule has 1 aliphatic heterocycles. The van der Waals surface area contributed by atoms with Crippen molar-refractivity contribution < 1.29 is 4.79 Å². The number of carbonyl (C=O) groups excluding carboxylic acids is 1. The molecule has 3 rings (SSSR count). The molecule has 1 saturated heterocycles. The molecule has 0 spiro atoms. The van der Waals surface area contributed by atoms with E-state index in [9.17, 15) is 4.79 Å². The van der Waals surface area contributed by atoms with Gasteiger partial charge in [0, 0.05) is 23.2 Å². The van der Waals surface area contributed by atoms with Gasteiger partial charge >= 0.3 is 0 Å². The number of hydrogen-bond donors (Lipinski definition) is 1. The number of benzene rings is 1. The van der Waals surface area contributed by atoms with Gasteiger partial charge in [0.25, 0.3) is 5.91 Å². The van der Waals surface area contributed by atoms with E-state index in [0.29, 0.717) is 5.69 Å². The molecule has 0 aliphatic carbocycles. The van der Waals surface area contributed by atoms with Gasteiger partial charge in [-0.15, -0.1) is 0 Å². The lowest BCUT2D eigenvalue weighted by atomic mass is 10.1. The number of carbonyl (C=O) groups is 1. The van der Waals surface area contributed by atoms with Crippen LogP contribution in [0.2, 0.25) is 0 Å². The highest BCUT2D eigenvalue weighted by atomic mass is 79.9. The van der Waals surface area contributed by atoms with Gasteiger partial charge in [0.05, 0.1) is 11.9 Å². The Balaban J connectivity index is 1.66. The Morgan fingerprint density at radius 1 is 1.05 bits per heavy atom. The van der Waals surface area contributed by atoms with E-state index in [2.05, 4.69) is 31.1 Å². The van der Waals surface area contributed by atoms with Crippen LogP contribution in [-0.2, 0) is 0 Å². The van der Waals surface area contributed by atoms with E-state index in [1.54, 1.807) is 12.3 Å². The molecular weight excluding hydrogens is 342 g/mol. The lowest BCUT2D eigenvalue weighted by molar-refractivity contribution is 0.102. The van der Waals surface area contributed by atoms with Gasteiger partial charge < -0.3 is 10.2 Å². The van der Waals surface area contributed by atoms with E-state index in [-0.39, 0.29) is 5.91 Å². The van der Waals surface area contributed by atoms with Crippen LogP contribution in [-0.4, -0.2) is 24.0 Å². The Bertz CT molecular complexity index is 634. The average molecular weight is 360 g/mol. The van der Waals surface area contributed by atoms with Gasteiger partial charge in [-0.2, -0.15) is 0 Å². The highest BCUT2D eigenvalue weighted by molar-refractivity contribution is 9.10. The fourth-order valence-corrected chi connectivity index (χ4v) is 2.85. The third kappa shape index (κ3) is 3.65. The Labute approximate surface area is 138 Å². The summed E-state index contributed by atoms with van der Waals surface area (Å²) in [4.78, 5) is 18.8. The van der Waals surface area contributed by atoms with Gasteiger partial charge in [-0.25, -0.2) is 4.98 Å². The molecule has 114 valence electrons. The summed E-state index contributed by atoms with van der Waals surface area (Å²) < 4.78 is 0.981. The van der Waals surface area contributed by atoms with Crippen LogP contribution in [0.15, 0.2) is 47.1 Å². The van der Waals surface area contributed by atoms with Crippen molar-refractivity contribution in [3.8, 4) is 0 Å². The van der Waals surface area contributed by atoms with Crippen molar-refractivity contribution in [1.82, 2.24) is 4.98 Å². The van der Waals surface area contributed by atoms with E-state index in [4.69, 9.17) is 0 Å². The molecule has 2 aromatic rings. The van der Waals surface area contributed by atoms with Crippen molar-refractivity contribution >= 4 is 33.2 Å². The van der Waals surface area contributed by atoms with Crippen molar-refractivity contribution in [3.05, 3.63) is 52.8 Å². The average Bonchev–Trinajstić information content (AvgIpc) is 2.58. The Kier molecular flexibility index (Phi) is 4.73. The zero-order valence-electron chi connectivity index (χ0n) is 12.3. The summed E-state index contributed by atoms with van der Waals surface area (Å²) in [5, 5.41) is 2.85. The largest absolute Gasteiger partial charge is 0.370 e. The SMILES string of the molecule is O=C(Nc1ccc(Br)cc1)c1ccc(N2CCCCC2)cn1. The molecule has 0 bridgehead atoms. The highest BCUT2D eigenvalue weighted by Gasteiger charge is 2.13. The molecule has 22 heavy (non-hydrogen) atoms. The van der Waals surface area contributed by atoms with Crippen molar-refractivity contribution in [3.63, 3.8) is 0 Å². The number of anilines is 2. The number of piperidine rings is 1. The van der Waals surface area contributed by atoms with Crippen LogP contribution in [0.4, 0.5) is 11.4 Å². The van der Waals surface area contributed by atoms with Crippen molar-refractivity contribution in [2.24, 2.45) is 0 Å². The van der Waals surface area contributed by atoms with Gasteiger partial charge in [-0.1, -0.05) is 15.9 Å². The number of nitrogens with zero attached hydrogens (tertiary/aromatic N) is 2. The fraction of sp³-hybridized carbons (Fsp3) is 0.294. The lowest BCUT2D eigenvalue weighted by Crippen LogP contribution is -2.29. The van der Waals surface area contributed by atoms with Gasteiger partial charge in [0.2, 0.25) is 0 Å². The Morgan fingerprint density at radius 3 is 2.41 bits per heavy atom. The molecule has 5 heteroatoms. The van der Waals surface area contributed by atoms with Crippen molar-refractivity contribution in [2.45, 2.75) is 19.3 Å². The zero-order chi connectivity index (χ0) is 15.4. The summed E-state index contributed by atoms with van der Waals surface area (Å²) in [6.07, 6.45) is 5.55. The van der Waals surface area contributed by atoms with E-state index in [1.807, 2.05) is 30.3 Å². The quantitative estimate of drug-likeness (QED) is 0.897. The first kappa shape index (κ1) is 15.0. The predicted molar refractivity (Wildman–Crippen MR) is 92.4 cm³/mol. The minimum Gasteiger partial charge on any atom is -0.370 e. The minimum atomic E-state index is -0.187. The molecule has 1 aromatic carbocycles. The number of hydrogen-bond acceptors (Lipinski definition) is 3. The molecule has 1 fully saturated rings. The first-order chi connectivity index (χ1) is 10.7. The first-order valence-corrected chi connectivity index (χ1v) is 8.29. The topological polar surface area (TPSA) is 45.2 Å². The predicted octanol–water partition coefficient (Wildman–Crippen LogP) is 4.09. The highest BCUT2D eigenvalue weighted by Crippen LogP contribution is 2.19. The second kappa shape index (κ2) is 6.92. The van der Waals surface area contributed by atoms with Crippen LogP contribution in [0, 0.1) is 0 Å². The molecule has 0 unspecified atom stereocenters. The maximum absolute atomic E-state index is 12.2. The number of halogens is 1. The molecule has 0 radical (unpaired) electrons. The van der Waals surface area contributed by atoms with E-state index in [1.165, 1.54) is 19.3 Å². The monoisotopic (exact) mass is 359 g/mol. The van der Waals surface area contributed by atoms with Crippen LogP contribution in [0.3, 0.4) is 0 Å². The second-order valence-electron chi connectivity index (χ2n) is 5.41. The maximum Gasteiger partial charge on any atom is 0.274 e. The smallest absolute Gasteiger partial charge is 0.274 e. The van der Waals surface area contributed by atoms with Crippen LogP contribution < -0.4 is 10.2 Å². The number of aromatic nitrogens is 1. The van der Waals surface area contributed by atoms with E-state index in [0.717, 1.165) is 28.9 Å². The third-order valence-electron chi connectivity index (χ3n) is 3.80. The van der Waals surface area contributed by atoms with Crippen molar-refractivity contribution in [2.75, 3.05) is 23.3 Å². The first-order valence-electron chi connectivity index (χ1n) is 7.50. The second-order valence-corrected chi connectivity index (χ2v) is 6.33. The molecule has 4 nitrogen and oxygen atoms in total. The van der Waals surface area contributed by atoms with Gasteiger partial charge in [-0.3, -0.25) is 4.79 Å². The number of amides is 1. The summed E-state index contributed by atoms with van der Waals surface area (Å²) in [5.74, 6) is -0.187. The number of rotatable bonds is 3. The van der Waals surface area contributed by atoms with Crippen LogP contribution in [0.5, 0.6) is 0 Å². The molecule has 2 heterocycles. The Hall–Kier alpha value is -1.88. The minimum absolute atomic E-state index is 0.187. The molecular formula is C17H18BrN3O. The molecule has 1 N–H and O–H groups in total. The zero-order valence-corrected chi connectivity index (χ0v) is 13.8. The van der Waals surface area contributed by atoms with Crippen LogP contribution in [0.25, 0.3) is 0 Å². The molecule has 1 aromatic heterocycles. The number of nitrogens with one attached hydrogen (secondary N) is 1. The molecule has 1 aliphatic rings. The van der Waals surface area contributed by atoms with Crippen molar-refractivity contribution in [1.29, 1.82) is 0 Å².